The first-order valence-corrected chi connectivity index (χ1v) is 12.4. The van der Waals surface area contributed by atoms with Crippen LogP contribution >= 0.6 is 23.4 Å². The average molecular weight is 508 g/mol. The Balaban J connectivity index is 1.57. The molecule has 1 aromatic carbocycles. The lowest BCUT2D eigenvalue weighted by Crippen LogP contribution is -2.54. The second kappa shape index (κ2) is 12.8. The van der Waals surface area contributed by atoms with Crippen molar-refractivity contribution < 1.29 is 19.1 Å². The molecule has 1 saturated heterocycles. The van der Waals surface area contributed by atoms with E-state index in [1.54, 1.807) is 44.6 Å². The normalized spacial score (nSPS) is 15.8. The summed E-state index contributed by atoms with van der Waals surface area (Å²) >= 11 is 7.48. The van der Waals surface area contributed by atoms with E-state index in [0.29, 0.717) is 60.2 Å². The summed E-state index contributed by atoms with van der Waals surface area (Å²) in [5, 5.41) is 3.60. The number of rotatable bonds is 10. The van der Waals surface area contributed by atoms with Crippen molar-refractivity contribution >= 4 is 41.0 Å². The molecule has 3 rings (SSSR count). The molecule has 34 heavy (non-hydrogen) atoms. The fraction of sp³-hybridized carbons (Fsp3) is 0.478. The molecule has 1 fully saturated rings. The fourth-order valence-corrected chi connectivity index (χ4v) is 4.52. The van der Waals surface area contributed by atoms with E-state index in [4.69, 9.17) is 21.1 Å². The zero-order chi connectivity index (χ0) is 24.5. The Labute approximate surface area is 209 Å². The van der Waals surface area contributed by atoms with Gasteiger partial charge in [0.1, 0.15) is 16.7 Å². The Kier molecular flexibility index (Phi) is 9.79. The molecule has 2 heterocycles. The first-order chi connectivity index (χ1) is 16.4. The molecule has 184 valence electrons. The van der Waals surface area contributed by atoms with Crippen molar-refractivity contribution in [3.8, 4) is 5.75 Å². The Morgan fingerprint density at radius 3 is 2.65 bits per heavy atom. The average Bonchev–Trinajstić information content (AvgIpc) is 2.84. The summed E-state index contributed by atoms with van der Waals surface area (Å²) in [6.45, 7) is 4.96. The summed E-state index contributed by atoms with van der Waals surface area (Å²) in [7, 11) is 3.23. The number of thioether (sulfide) groups is 1. The standard InChI is InChI=1S/C23H30ClN5O4S/c1-16-14-28(10-11-29(16)22(31)17-5-7-18(33-3)8-6-17)20-13-19(24)26-23(27-20)34-15-21(30)25-9-4-12-32-2/h5-8,13,16H,4,9-12,14-15H2,1-3H3,(H,25,30). The van der Waals surface area contributed by atoms with E-state index >= 15 is 0 Å². The molecule has 9 nitrogen and oxygen atoms in total. The van der Waals surface area contributed by atoms with Crippen LogP contribution < -0.4 is 15.0 Å². The lowest BCUT2D eigenvalue weighted by molar-refractivity contribution is -0.118. The third-order valence-corrected chi connectivity index (χ3v) is 6.43. The molecule has 1 atom stereocenters. The van der Waals surface area contributed by atoms with Crippen LogP contribution in [-0.2, 0) is 9.53 Å². The lowest BCUT2D eigenvalue weighted by atomic mass is 10.1. The molecule has 1 unspecified atom stereocenters. The largest absolute Gasteiger partial charge is 0.497 e. The number of anilines is 1. The van der Waals surface area contributed by atoms with Gasteiger partial charge >= 0.3 is 0 Å². The lowest BCUT2D eigenvalue weighted by Gasteiger charge is -2.40. The zero-order valence-corrected chi connectivity index (χ0v) is 21.2. The number of ether oxygens (including phenoxy) is 2. The number of hydrogen-bond acceptors (Lipinski definition) is 8. The summed E-state index contributed by atoms with van der Waals surface area (Å²) < 4.78 is 10.1. The molecule has 0 saturated carbocycles. The van der Waals surface area contributed by atoms with E-state index in [9.17, 15) is 9.59 Å². The molecule has 2 amide bonds. The van der Waals surface area contributed by atoms with Gasteiger partial charge in [0.05, 0.1) is 12.9 Å². The SMILES string of the molecule is COCCCNC(=O)CSc1nc(Cl)cc(N2CCN(C(=O)c3ccc(OC)cc3)C(C)C2)n1. The predicted octanol–water partition coefficient (Wildman–Crippen LogP) is 2.73. The monoisotopic (exact) mass is 507 g/mol. The van der Waals surface area contributed by atoms with Gasteiger partial charge in [0.25, 0.3) is 5.91 Å². The number of halogens is 1. The first-order valence-electron chi connectivity index (χ1n) is 11.0. The molecule has 1 aromatic heterocycles. The molecule has 0 bridgehead atoms. The number of nitrogens with zero attached hydrogens (tertiary/aromatic N) is 4. The number of hydrogen-bond donors (Lipinski definition) is 1. The second-order valence-corrected chi connectivity index (χ2v) is 9.17. The molecule has 1 aliphatic heterocycles. The van der Waals surface area contributed by atoms with Crippen LogP contribution in [0.3, 0.4) is 0 Å². The van der Waals surface area contributed by atoms with Crippen LogP contribution in [-0.4, -0.2) is 85.5 Å². The fourth-order valence-electron chi connectivity index (χ4n) is 3.60. The second-order valence-electron chi connectivity index (χ2n) is 7.84. The topological polar surface area (TPSA) is 96.9 Å². The highest BCUT2D eigenvalue weighted by Gasteiger charge is 2.29. The van der Waals surface area contributed by atoms with E-state index in [-0.39, 0.29) is 23.6 Å². The van der Waals surface area contributed by atoms with Crippen molar-refractivity contribution in [3.05, 3.63) is 41.0 Å². The van der Waals surface area contributed by atoms with Crippen molar-refractivity contribution in [3.63, 3.8) is 0 Å². The van der Waals surface area contributed by atoms with Crippen molar-refractivity contribution in [2.24, 2.45) is 0 Å². The summed E-state index contributed by atoms with van der Waals surface area (Å²) in [4.78, 5) is 37.8. The van der Waals surface area contributed by atoms with Crippen LogP contribution in [0.15, 0.2) is 35.5 Å². The van der Waals surface area contributed by atoms with Gasteiger partial charge in [-0.3, -0.25) is 9.59 Å². The smallest absolute Gasteiger partial charge is 0.254 e. The quantitative estimate of drug-likeness (QED) is 0.227. The van der Waals surface area contributed by atoms with Gasteiger partial charge in [-0.1, -0.05) is 23.4 Å². The van der Waals surface area contributed by atoms with Crippen molar-refractivity contribution in [2.75, 3.05) is 57.7 Å². The molecule has 0 aliphatic carbocycles. The number of methoxy groups -OCH3 is 2. The van der Waals surface area contributed by atoms with Gasteiger partial charge in [-0.05, 0) is 37.6 Å². The third-order valence-electron chi connectivity index (χ3n) is 5.39. The highest BCUT2D eigenvalue weighted by molar-refractivity contribution is 7.99. The van der Waals surface area contributed by atoms with E-state index in [0.717, 1.165) is 6.42 Å². The van der Waals surface area contributed by atoms with Crippen LogP contribution in [0.4, 0.5) is 5.82 Å². The number of piperazine rings is 1. The van der Waals surface area contributed by atoms with Crippen molar-refractivity contribution in [1.82, 2.24) is 20.2 Å². The predicted molar refractivity (Wildman–Crippen MR) is 133 cm³/mol. The maximum atomic E-state index is 13.0. The van der Waals surface area contributed by atoms with Gasteiger partial charge in [-0.15, -0.1) is 0 Å². The molecule has 1 N–H and O–H groups in total. The van der Waals surface area contributed by atoms with Gasteiger partial charge in [0.2, 0.25) is 5.91 Å². The Hall–Kier alpha value is -2.56. The molecule has 11 heteroatoms. The van der Waals surface area contributed by atoms with Crippen LogP contribution in [0.25, 0.3) is 0 Å². The number of carbonyl (C=O) groups is 2. The molecule has 1 aliphatic rings. The summed E-state index contributed by atoms with van der Waals surface area (Å²) in [5.41, 5.74) is 0.630. The summed E-state index contributed by atoms with van der Waals surface area (Å²) in [6.07, 6.45) is 0.760. The highest BCUT2D eigenvalue weighted by atomic mass is 35.5. The van der Waals surface area contributed by atoms with Crippen molar-refractivity contribution in [2.45, 2.75) is 24.5 Å². The van der Waals surface area contributed by atoms with Gasteiger partial charge in [0.15, 0.2) is 5.16 Å². The Morgan fingerprint density at radius 1 is 1.21 bits per heavy atom. The van der Waals surface area contributed by atoms with Crippen molar-refractivity contribution in [1.29, 1.82) is 0 Å². The molecule has 0 spiro atoms. The maximum absolute atomic E-state index is 13.0. The number of aromatic nitrogens is 2. The molecular formula is C23H30ClN5O4S. The van der Waals surface area contributed by atoms with Crippen LogP contribution in [0.1, 0.15) is 23.7 Å². The van der Waals surface area contributed by atoms with E-state index in [1.165, 1.54) is 11.8 Å². The summed E-state index contributed by atoms with van der Waals surface area (Å²) in [6, 6.07) is 8.82. The van der Waals surface area contributed by atoms with Crippen LogP contribution in [0.2, 0.25) is 5.15 Å². The minimum Gasteiger partial charge on any atom is -0.497 e. The molecule has 0 radical (unpaired) electrons. The maximum Gasteiger partial charge on any atom is 0.254 e. The third kappa shape index (κ3) is 7.22. The highest BCUT2D eigenvalue weighted by Crippen LogP contribution is 2.25. The number of amides is 2. The van der Waals surface area contributed by atoms with Gasteiger partial charge in [0, 0.05) is 57.6 Å². The van der Waals surface area contributed by atoms with Crippen LogP contribution in [0.5, 0.6) is 5.75 Å². The Bertz CT molecular complexity index is 978. The summed E-state index contributed by atoms with van der Waals surface area (Å²) in [5.74, 6) is 1.50. The van der Waals surface area contributed by atoms with Gasteiger partial charge in [-0.2, -0.15) is 0 Å². The first kappa shape index (κ1) is 26.1. The molecular weight excluding hydrogens is 478 g/mol. The number of benzene rings is 1. The zero-order valence-electron chi connectivity index (χ0n) is 19.6. The Morgan fingerprint density at radius 2 is 1.97 bits per heavy atom. The minimum absolute atomic E-state index is 0.0109. The van der Waals surface area contributed by atoms with E-state index in [1.807, 2.05) is 11.8 Å². The van der Waals surface area contributed by atoms with Gasteiger partial charge in [-0.25, -0.2) is 9.97 Å². The van der Waals surface area contributed by atoms with Gasteiger partial charge < -0.3 is 24.6 Å². The number of carbonyl (C=O) groups excluding carboxylic acids is 2. The van der Waals surface area contributed by atoms with Crippen LogP contribution in [0, 0.1) is 0 Å². The number of nitrogens with one attached hydrogen (secondary N) is 1. The van der Waals surface area contributed by atoms with E-state index in [2.05, 4.69) is 20.2 Å². The minimum atomic E-state index is -0.0921. The van der Waals surface area contributed by atoms with E-state index < -0.39 is 0 Å². The molecule has 2 aromatic rings.